The molecule has 0 saturated carbocycles. The third-order valence-corrected chi connectivity index (χ3v) is 5.33. The Kier molecular flexibility index (Phi) is 4.28. The van der Waals surface area contributed by atoms with Gasteiger partial charge < -0.3 is 4.90 Å². The summed E-state index contributed by atoms with van der Waals surface area (Å²) in [6, 6.07) is 9.91. The predicted molar refractivity (Wildman–Crippen MR) is 90.0 cm³/mol. The highest BCUT2D eigenvalue weighted by molar-refractivity contribution is 7.92. The molecule has 3 rings (SSSR count). The molecule has 1 aliphatic rings. The number of aryl methyl sites for hydroxylation is 1. The molecule has 1 heterocycles. The molecule has 0 bridgehead atoms. The lowest BCUT2D eigenvalue weighted by atomic mass is 10.0. The molecule has 0 spiro atoms. The largest absolute Gasteiger partial charge is 0.312 e. The number of amides is 1. The van der Waals surface area contributed by atoms with Crippen molar-refractivity contribution in [3.8, 4) is 0 Å². The molecular weight excluding hydrogens is 331 g/mol. The molecule has 2 aromatic rings. The summed E-state index contributed by atoms with van der Waals surface area (Å²) in [6.07, 6.45) is 0.973. The normalized spacial score (nSPS) is 14.4. The summed E-state index contributed by atoms with van der Waals surface area (Å²) < 4.78 is 40.4. The first-order valence-corrected chi connectivity index (χ1v) is 9.10. The van der Waals surface area contributed by atoms with Crippen molar-refractivity contribution in [2.45, 2.75) is 24.7 Å². The van der Waals surface area contributed by atoms with Crippen LogP contribution >= 0.6 is 0 Å². The van der Waals surface area contributed by atoms with Crippen LogP contribution in [0.4, 0.5) is 15.8 Å². The first kappa shape index (κ1) is 16.4. The van der Waals surface area contributed by atoms with Crippen LogP contribution in [0.5, 0.6) is 0 Å². The molecule has 24 heavy (non-hydrogen) atoms. The molecule has 0 atom stereocenters. The van der Waals surface area contributed by atoms with Gasteiger partial charge in [0.25, 0.3) is 10.0 Å². The van der Waals surface area contributed by atoms with Crippen LogP contribution in [-0.2, 0) is 21.2 Å². The van der Waals surface area contributed by atoms with E-state index in [9.17, 15) is 17.6 Å². The van der Waals surface area contributed by atoms with Gasteiger partial charge in [-0.15, -0.1) is 0 Å². The maximum absolute atomic E-state index is 13.3. The van der Waals surface area contributed by atoms with Gasteiger partial charge in [0.2, 0.25) is 5.91 Å². The lowest BCUT2D eigenvalue weighted by Gasteiger charge is -2.28. The van der Waals surface area contributed by atoms with E-state index in [1.54, 1.807) is 23.1 Å². The Morgan fingerprint density at radius 2 is 1.96 bits per heavy atom. The summed E-state index contributed by atoms with van der Waals surface area (Å²) >= 11 is 0. The molecule has 0 fully saturated rings. The Morgan fingerprint density at radius 3 is 2.67 bits per heavy atom. The van der Waals surface area contributed by atoms with E-state index in [0.717, 1.165) is 17.3 Å². The number of rotatable bonds is 4. The Balaban J connectivity index is 1.90. The zero-order chi connectivity index (χ0) is 17.3. The summed E-state index contributed by atoms with van der Waals surface area (Å²) in [7, 11) is -3.86. The van der Waals surface area contributed by atoms with E-state index in [2.05, 4.69) is 4.72 Å². The average Bonchev–Trinajstić information content (AvgIpc) is 2.54. The first-order chi connectivity index (χ1) is 11.4. The second-order valence-corrected chi connectivity index (χ2v) is 7.23. The molecule has 0 unspecified atom stereocenters. The first-order valence-electron chi connectivity index (χ1n) is 7.62. The Labute approximate surface area is 140 Å². The summed E-state index contributed by atoms with van der Waals surface area (Å²) in [4.78, 5) is 13.4. The fourth-order valence-corrected chi connectivity index (χ4v) is 3.90. The molecule has 126 valence electrons. The van der Waals surface area contributed by atoms with Gasteiger partial charge in [0.1, 0.15) is 5.82 Å². The topological polar surface area (TPSA) is 66.5 Å². The van der Waals surface area contributed by atoms with E-state index in [1.807, 2.05) is 6.92 Å². The zero-order valence-electron chi connectivity index (χ0n) is 13.1. The molecule has 2 aromatic carbocycles. The van der Waals surface area contributed by atoms with Gasteiger partial charge in [-0.25, -0.2) is 12.8 Å². The SMILES string of the molecule is CCN1C(=O)CCc2cc(NS(=O)(=O)c3cccc(F)c3)ccc21. The summed E-state index contributed by atoms with van der Waals surface area (Å²) in [5, 5.41) is 0. The summed E-state index contributed by atoms with van der Waals surface area (Å²) in [5.41, 5.74) is 2.11. The molecule has 0 radical (unpaired) electrons. The number of nitrogens with zero attached hydrogens (tertiary/aromatic N) is 1. The summed E-state index contributed by atoms with van der Waals surface area (Å²) in [6.45, 7) is 2.47. The predicted octanol–water partition coefficient (Wildman–Crippen LogP) is 2.93. The minimum atomic E-state index is -3.86. The van der Waals surface area contributed by atoms with Gasteiger partial charge in [-0.2, -0.15) is 0 Å². The van der Waals surface area contributed by atoms with Gasteiger partial charge in [0, 0.05) is 24.3 Å². The fourth-order valence-electron chi connectivity index (χ4n) is 2.82. The smallest absolute Gasteiger partial charge is 0.261 e. The zero-order valence-corrected chi connectivity index (χ0v) is 13.9. The van der Waals surface area contributed by atoms with Crippen molar-refractivity contribution in [1.82, 2.24) is 0 Å². The van der Waals surface area contributed by atoms with Crippen LogP contribution in [-0.4, -0.2) is 20.9 Å². The van der Waals surface area contributed by atoms with E-state index in [0.29, 0.717) is 25.1 Å². The third-order valence-electron chi connectivity index (χ3n) is 3.95. The van der Waals surface area contributed by atoms with Crippen LogP contribution in [0.25, 0.3) is 0 Å². The number of fused-ring (bicyclic) bond motifs is 1. The van der Waals surface area contributed by atoms with Crippen molar-refractivity contribution in [1.29, 1.82) is 0 Å². The monoisotopic (exact) mass is 348 g/mol. The standard InChI is InChI=1S/C17H17FN2O3S/c1-2-20-16-8-7-14(10-12(16)6-9-17(20)21)19-24(22,23)15-5-3-4-13(18)11-15/h3-5,7-8,10-11,19H,2,6,9H2,1H3. The highest BCUT2D eigenvalue weighted by Crippen LogP contribution is 2.30. The molecule has 1 N–H and O–H groups in total. The van der Waals surface area contributed by atoms with Crippen LogP contribution < -0.4 is 9.62 Å². The van der Waals surface area contributed by atoms with Gasteiger partial charge in [-0.1, -0.05) is 6.07 Å². The van der Waals surface area contributed by atoms with Gasteiger partial charge in [0.15, 0.2) is 0 Å². The average molecular weight is 348 g/mol. The fraction of sp³-hybridized carbons (Fsp3) is 0.235. The van der Waals surface area contributed by atoms with Crippen LogP contribution in [0.15, 0.2) is 47.4 Å². The van der Waals surface area contributed by atoms with Crippen LogP contribution in [0, 0.1) is 5.82 Å². The maximum Gasteiger partial charge on any atom is 0.261 e. The second kappa shape index (κ2) is 6.24. The van der Waals surface area contributed by atoms with Gasteiger partial charge >= 0.3 is 0 Å². The Morgan fingerprint density at radius 1 is 1.17 bits per heavy atom. The lowest BCUT2D eigenvalue weighted by Crippen LogP contribution is -2.34. The maximum atomic E-state index is 13.3. The number of benzene rings is 2. The number of anilines is 2. The molecule has 7 heteroatoms. The van der Waals surface area contributed by atoms with Crippen molar-refractivity contribution in [2.75, 3.05) is 16.2 Å². The summed E-state index contributed by atoms with van der Waals surface area (Å²) in [5.74, 6) is -0.543. The molecule has 0 aliphatic carbocycles. The Hall–Kier alpha value is -2.41. The third kappa shape index (κ3) is 3.12. The minimum Gasteiger partial charge on any atom is -0.312 e. The van der Waals surface area contributed by atoms with Gasteiger partial charge in [-0.3, -0.25) is 9.52 Å². The van der Waals surface area contributed by atoms with Crippen LogP contribution in [0.3, 0.4) is 0 Å². The number of sulfonamides is 1. The number of carbonyl (C=O) groups is 1. The van der Waals surface area contributed by atoms with E-state index >= 15 is 0 Å². The number of hydrogen-bond donors (Lipinski definition) is 1. The number of halogens is 1. The highest BCUT2D eigenvalue weighted by Gasteiger charge is 2.23. The minimum absolute atomic E-state index is 0.0677. The molecule has 1 amide bonds. The second-order valence-electron chi connectivity index (χ2n) is 5.54. The van der Waals surface area contributed by atoms with Crippen molar-refractivity contribution >= 4 is 27.3 Å². The van der Waals surface area contributed by atoms with Crippen LogP contribution in [0.2, 0.25) is 0 Å². The van der Waals surface area contributed by atoms with E-state index in [1.165, 1.54) is 18.2 Å². The number of hydrogen-bond acceptors (Lipinski definition) is 3. The van der Waals surface area contributed by atoms with Gasteiger partial charge in [0.05, 0.1) is 4.90 Å². The van der Waals surface area contributed by atoms with E-state index < -0.39 is 15.8 Å². The van der Waals surface area contributed by atoms with Crippen molar-refractivity contribution in [2.24, 2.45) is 0 Å². The van der Waals surface area contributed by atoms with E-state index in [4.69, 9.17) is 0 Å². The molecular formula is C17H17FN2O3S. The van der Waals surface area contributed by atoms with Crippen molar-refractivity contribution in [3.63, 3.8) is 0 Å². The van der Waals surface area contributed by atoms with Crippen molar-refractivity contribution < 1.29 is 17.6 Å². The molecule has 1 aliphatic heterocycles. The molecule has 0 aromatic heterocycles. The van der Waals surface area contributed by atoms with Crippen LogP contribution in [0.1, 0.15) is 18.9 Å². The lowest BCUT2D eigenvalue weighted by molar-refractivity contribution is -0.118. The quantitative estimate of drug-likeness (QED) is 0.924. The van der Waals surface area contributed by atoms with E-state index in [-0.39, 0.29) is 10.8 Å². The number of nitrogens with one attached hydrogen (secondary N) is 1. The highest BCUT2D eigenvalue weighted by atomic mass is 32.2. The number of carbonyl (C=O) groups excluding carboxylic acids is 1. The van der Waals surface area contributed by atoms with Crippen molar-refractivity contribution in [3.05, 3.63) is 53.8 Å². The molecule has 5 nitrogen and oxygen atoms in total. The van der Waals surface area contributed by atoms with Gasteiger partial charge in [-0.05, 0) is 55.3 Å². The molecule has 0 saturated heterocycles. The Bertz CT molecular complexity index is 896.